The topological polar surface area (TPSA) is 55.8 Å². The largest absolute Gasteiger partial charge is 0.496 e. The molecule has 0 atom stereocenters. The molecule has 0 heterocycles. The Morgan fingerprint density at radius 2 is 2.00 bits per heavy atom. The molecule has 1 N–H and O–H groups in total. The Balaban J connectivity index is 2.18. The summed E-state index contributed by atoms with van der Waals surface area (Å²) in [6.07, 6.45) is 0. The number of hydrogen-bond donors (Lipinski definition) is 1. The van der Waals surface area contributed by atoms with Gasteiger partial charge in [-0.25, -0.2) is 9.18 Å². The molecule has 0 aliphatic rings. The number of methoxy groups -OCH3 is 1. The first-order chi connectivity index (χ1) is 10.0. The number of ether oxygens (including phenoxy) is 2. The van der Waals surface area contributed by atoms with E-state index in [1.54, 1.807) is 25.3 Å². The Labute approximate surface area is 129 Å². The lowest BCUT2D eigenvalue weighted by Gasteiger charge is -2.10. The molecule has 0 aliphatic heterocycles. The maximum atomic E-state index is 13.2. The van der Waals surface area contributed by atoms with E-state index in [1.807, 2.05) is 0 Å². The maximum absolute atomic E-state index is 13.2. The second kappa shape index (κ2) is 6.58. The van der Waals surface area contributed by atoms with Crippen molar-refractivity contribution in [3.63, 3.8) is 0 Å². The molecule has 0 unspecified atom stereocenters. The van der Waals surface area contributed by atoms with Crippen LogP contribution in [0.3, 0.4) is 0 Å². The second-order valence-corrected chi connectivity index (χ2v) is 5.06. The van der Waals surface area contributed by atoms with E-state index in [2.05, 4.69) is 15.9 Å². The van der Waals surface area contributed by atoms with Crippen LogP contribution in [0.1, 0.15) is 15.9 Å². The summed E-state index contributed by atoms with van der Waals surface area (Å²) >= 11 is 3.35. The molecule has 2 aromatic carbocycles. The van der Waals surface area contributed by atoms with Gasteiger partial charge in [0, 0.05) is 6.07 Å². The van der Waals surface area contributed by atoms with Gasteiger partial charge < -0.3 is 14.6 Å². The average molecular weight is 355 g/mol. The van der Waals surface area contributed by atoms with Crippen molar-refractivity contribution >= 4 is 21.9 Å². The number of carboxylic acid groups (broad SMARTS) is 1. The van der Waals surface area contributed by atoms with Crippen molar-refractivity contribution in [3.8, 4) is 11.5 Å². The zero-order valence-electron chi connectivity index (χ0n) is 11.1. The van der Waals surface area contributed by atoms with E-state index in [-0.39, 0.29) is 17.9 Å². The predicted molar refractivity (Wildman–Crippen MR) is 78.4 cm³/mol. The summed E-state index contributed by atoms with van der Waals surface area (Å²) in [5, 5.41) is 9.04. The number of aromatic carboxylic acids is 1. The first kappa shape index (κ1) is 15.3. The van der Waals surface area contributed by atoms with Crippen LogP contribution in [0.25, 0.3) is 0 Å². The van der Waals surface area contributed by atoms with Crippen LogP contribution in [0.4, 0.5) is 4.39 Å². The Morgan fingerprint density at radius 1 is 1.24 bits per heavy atom. The van der Waals surface area contributed by atoms with Gasteiger partial charge in [-0.3, -0.25) is 0 Å². The maximum Gasteiger partial charge on any atom is 0.339 e. The minimum Gasteiger partial charge on any atom is -0.496 e. The Bertz CT molecular complexity index is 673. The van der Waals surface area contributed by atoms with Crippen LogP contribution in [-0.4, -0.2) is 18.2 Å². The van der Waals surface area contributed by atoms with Gasteiger partial charge in [0.25, 0.3) is 0 Å². The number of rotatable bonds is 5. The van der Waals surface area contributed by atoms with Gasteiger partial charge in [0.15, 0.2) is 0 Å². The third-order valence-electron chi connectivity index (χ3n) is 2.78. The molecule has 0 spiro atoms. The average Bonchev–Trinajstić information content (AvgIpc) is 2.45. The quantitative estimate of drug-likeness (QED) is 0.885. The SMILES string of the molecule is COc1ccc(COc2cc(F)ccc2C(=O)O)cc1Br. The van der Waals surface area contributed by atoms with E-state index in [9.17, 15) is 9.18 Å². The molecule has 0 aliphatic carbocycles. The van der Waals surface area contributed by atoms with E-state index < -0.39 is 11.8 Å². The van der Waals surface area contributed by atoms with Gasteiger partial charge in [-0.1, -0.05) is 6.07 Å². The van der Waals surface area contributed by atoms with Gasteiger partial charge in [-0.05, 0) is 45.8 Å². The summed E-state index contributed by atoms with van der Waals surface area (Å²) in [4.78, 5) is 11.1. The molecule has 0 bridgehead atoms. The molecule has 0 fully saturated rings. The third-order valence-corrected chi connectivity index (χ3v) is 3.40. The fraction of sp³-hybridized carbons (Fsp3) is 0.133. The molecular weight excluding hydrogens is 343 g/mol. The fourth-order valence-electron chi connectivity index (χ4n) is 1.75. The van der Waals surface area contributed by atoms with Crippen molar-refractivity contribution in [2.24, 2.45) is 0 Å². The summed E-state index contributed by atoms with van der Waals surface area (Å²) in [7, 11) is 1.56. The standard InChI is InChI=1S/C15H12BrFO4/c1-20-13-5-2-9(6-12(13)16)8-21-14-7-10(17)3-4-11(14)15(18)19/h2-7H,8H2,1H3,(H,18,19). The molecule has 2 rings (SSSR count). The monoisotopic (exact) mass is 354 g/mol. The number of halogens is 2. The van der Waals surface area contributed by atoms with Crippen LogP contribution in [0.2, 0.25) is 0 Å². The Morgan fingerprint density at radius 3 is 2.62 bits per heavy atom. The molecule has 6 heteroatoms. The summed E-state index contributed by atoms with van der Waals surface area (Å²) in [6.45, 7) is 0.117. The number of benzene rings is 2. The smallest absolute Gasteiger partial charge is 0.339 e. The third kappa shape index (κ3) is 3.72. The Hall–Kier alpha value is -2.08. The molecule has 2 aromatic rings. The summed E-state index contributed by atoms with van der Waals surface area (Å²) in [6, 6.07) is 8.65. The highest BCUT2D eigenvalue weighted by atomic mass is 79.9. The number of carbonyl (C=O) groups is 1. The van der Waals surface area contributed by atoms with E-state index in [0.29, 0.717) is 5.75 Å². The van der Waals surface area contributed by atoms with Crippen molar-refractivity contribution in [1.82, 2.24) is 0 Å². The highest BCUT2D eigenvalue weighted by molar-refractivity contribution is 9.10. The van der Waals surface area contributed by atoms with Gasteiger partial charge in [0.05, 0.1) is 11.6 Å². The van der Waals surface area contributed by atoms with Crippen LogP contribution in [0, 0.1) is 5.82 Å². The first-order valence-corrected chi connectivity index (χ1v) is 6.78. The molecule has 21 heavy (non-hydrogen) atoms. The van der Waals surface area contributed by atoms with E-state index in [0.717, 1.165) is 22.2 Å². The van der Waals surface area contributed by atoms with Gasteiger partial charge in [0.2, 0.25) is 0 Å². The molecular formula is C15H12BrFO4. The van der Waals surface area contributed by atoms with Gasteiger partial charge in [-0.2, -0.15) is 0 Å². The number of hydrogen-bond acceptors (Lipinski definition) is 3. The second-order valence-electron chi connectivity index (χ2n) is 4.20. The molecule has 0 amide bonds. The summed E-state index contributed by atoms with van der Waals surface area (Å²) < 4.78 is 24.5. The summed E-state index contributed by atoms with van der Waals surface area (Å²) in [5.41, 5.74) is 0.715. The zero-order chi connectivity index (χ0) is 15.4. The molecule has 110 valence electrons. The van der Waals surface area contributed by atoms with Gasteiger partial charge in [-0.15, -0.1) is 0 Å². The van der Waals surface area contributed by atoms with Crippen LogP contribution in [0.5, 0.6) is 11.5 Å². The van der Waals surface area contributed by atoms with Gasteiger partial charge in [0.1, 0.15) is 29.5 Å². The molecule has 4 nitrogen and oxygen atoms in total. The van der Waals surface area contributed by atoms with Crippen molar-refractivity contribution < 1.29 is 23.8 Å². The highest BCUT2D eigenvalue weighted by Gasteiger charge is 2.12. The van der Waals surface area contributed by atoms with Crippen molar-refractivity contribution in [2.45, 2.75) is 6.61 Å². The highest BCUT2D eigenvalue weighted by Crippen LogP contribution is 2.27. The van der Waals surface area contributed by atoms with Crippen molar-refractivity contribution in [1.29, 1.82) is 0 Å². The molecule has 0 saturated carbocycles. The minimum absolute atomic E-state index is 0.00515. The molecule has 0 radical (unpaired) electrons. The normalized spacial score (nSPS) is 10.2. The van der Waals surface area contributed by atoms with Gasteiger partial charge >= 0.3 is 5.97 Å². The van der Waals surface area contributed by atoms with Crippen LogP contribution >= 0.6 is 15.9 Å². The van der Waals surface area contributed by atoms with Crippen LogP contribution in [-0.2, 0) is 6.61 Å². The lowest BCUT2D eigenvalue weighted by Crippen LogP contribution is -2.04. The summed E-state index contributed by atoms with van der Waals surface area (Å²) in [5.74, 6) is -1.04. The fourth-order valence-corrected chi connectivity index (χ4v) is 2.34. The molecule has 0 aromatic heterocycles. The minimum atomic E-state index is -1.17. The lowest BCUT2D eigenvalue weighted by molar-refractivity contribution is 0.0691. The van der Waals surface area contributed by atoms with Crippen LogP contribution < -0.4 is 9.47 Å². The first-order valence-electron chi connectivity index (χ1n) is 5.99. The van der Waals surface area contributed by atoms with Crippen molar-refractivity contribution in [2.75, 3.05) is 7.11 Å². The predicted octanol–water partition coefficient (Wildman–Crippen LogP) is 3.87. The Kier molecular flexibility index (Phi) is 4.80. The molecule has 0 saturated heterocycles. The van der Waals surface area contributed by atoms with E-state index >= 15 is 0 Å². The van der Waals surface area contributed by atoms with E-state index in [1.165, 1.54) is 6.07 Å². The van der Waals surface area contributed by atoms with Crippen LogP contribution in [0.15, 0.2) is 40.9 Å². The van der Waals surface area contributed by atoms with Crippen molar-refractivity contribution in [3.05, 3.63) is 57.8 Å². The van der Waals surface area contributed by atoms with E-state index in [4.69, 9.17) is 14.6 Å². The lowest BCUT2D eigenvalue weighted by atomic mass is 10.2. The zero-order valence-corrected chi connectivity index (χ0v) is 12.7. The number of carboxylic acids is 1.